The van der Waals surface area contributed by atoms with Crippen LogP contribution in [0.5, 0.6) is 0 Å². The summed E-state index contributed by atoms with van der Waals surface area (Å²) in [6.45, 7) is 11.5. The van der Waals surface area contributed by atoms with Crippen molar-refractivity contribution in [1.29, 1.82) is 0 Å². The summed E-state index contributed by atoms with van der Waals surface area (Å²) in [6.07, 6.45) is 5.81. The molecule has 8 heteroatoms. The Hall–Kier alpha value is -3.00. The molecule has 0 saturated carbocycles. The monoisotopic (exact) mass is 418 g/mol. The number of anilines is 3. The van der Waals surface area contributed by atoms with Gasteiger partial charge in [0.15, 0.2) is 0 Å². The van der Waals surface area contributed by atoms with Gasteiger partial charge in [-0.3, -0.25) is 4.68 Å². The van der Waals surface area contributed by atoms with E-state index in [1.54, 1.807) is 0 Å². The van der Waals surface area contributed by atoms with Gasteiger partial charge in [0.05, 0.1) is 17.6 Å². The van der Waals surface area contributed by atoms with E-state index >= 15 is 0 Å². The lowest BCUT2D eigenvalue weighted by Gasteiger charge is -2.29. The molecule has 0 aromatic carbocycles. The summed E-state index contributed by atoms with van der Waals surface area (Å²) >= 11 is 0. The van der Waals surface area contributed by atoms with Gasteiger partial charge in [0.1, 0.15) is 11.5 Å². The Bertz CT molecular complexity index is 1060. The number of nitrogens with one attached hydrogen (secondary N) is 2. The highest BCUT2D eigenvalue weighted by Crippen LogP contribution is 2.36. The highest BCUT2D eigenvalue weighted by Gasteiger charge is 2.27. The molecule has 4 heterocycles. The van der Waals surface area contributed by atoms with Gasteiger partial charge in [0.2, 0.25) is 5.95 Å². The topological polar surface area (TPSA) is 83.8 Å². The average molecular weight is 419 g/mol. The smallest absolute Gasteiger partial charge is 0.228 e. The fourth-order valence-corrected chi connectivity index (χ4v) is 4.64. The van der Waals surface area contributed by atoms with Crippen LogP contribution in [0, 0.1) is 0 Å². The number of hydrogen-bond acceptors (Lipinski definition) is 7. The molecule has 5 rings (SSSR count). The van der Waals surface area contributed by atoms with Crippen LogP contribution in [0.25, 0.3) is 11.4 Å². The second kappa shape index (κ2) is 8.26. The largest absolute Gasteiger partial charge is 0.368 e. The van der Waals surface area contributed by atoms with Crippen LogP contribution in [-0.4, -0.2) is 50.9 Å². The highest BCUT2D eigenvalue weighted by molar-refractivity contribution is 5.68. The molecule has 3 aromatic heterocycles. The van der Waals surface area contributed by atoms with Crippen molar-refractivity contribution in [1.82, 2.24) is 30.0 Å². The first-order chi connectivity index (χ1) is 15.1. The first kappa shape index (κ1) is 19.9. The van der Waals surface area contributed by atoms with Crippen LogP contribution in [0.4, 0.5) is 17.5 Å². The van der Waals surface area contributed by atoms with Gasteiger partial charge in [-0.2, -0.15) is 5.10 Å². The van der Waals surface area contributed by atoms with E-state index < -0.39 is 0 Å². The van der Waals surface area contributed by atoms with Crippen LogP contribution >= 0.6 is 0 Å². The normalized spacial score (nSPS) is 15.7. The maximum Gasteiger partial charge on any atom is 0.228 e. The minimum atomic E-state index is 0.440. The van der Waals surface area contributed by atoms with E-state index in [2.05, 4.69) is 57.0 Å². The van der Waals surface area contributed by atoms with E-state index in [4.69, 9.17) is 10.1 Å². The molecule has 1 fully saturated rings. The molecule has 0 bridgehead atoms. The molecule has 8 nitrogen and oxygen atoms in total. The zero-order chi connectivity index (χ0) is 21.4. The molecule has 2 aliphatic rings. The summed E-state index contributed by atoms with van der Waals surface area (Å²) in [5, 5.41) is 11.6. The number of fused-ring (bicyclic) bond motifs is 3. The Morgan fingerprint density at radius 1 is 1.06 bits per heavy atom. The van der Waals surface area contributed by atoms with Gasteiger partial charge in [-0.25, -0.2) is 15.0 Å². The number of rotatable bonds is 5. The van der Waals surface area contributed by atoms with Crippen molar-refractivity contribution in [3.63, 3.8) is 0 Å². The predicted octanol–water partition coefficient (Wildman–Crippen LogP) is 3.13. The van der Waals surface area contributed by atoms with Crippen LogP contribution in [-0.2, 0) is 19.4 Å². The van der Waals surface area contributed by atoms with E-state index in [9.17, 15) is 0 Å². The Morgan fingerprint density at radius 2 is 1.90 bits per heavy atom. The van der Waals surface area contributed by atoms with E-state index in [1.807, 2.05) is 18.5 Å². The van der Waals surface area contributed by atoms with E-state index in [1.165, 1.54) is 11.3 Å². The van der Waals surface area contributed by atoms with Gasteiger partial charge in [0, 0.05) is 50.2 Å². The lowest BCUT2D eigenvalue weighted by Crippen LogP contribution is -2.43. The van der Waals surface area contributed by atoms with Crippen molar-refractivity contribution >= 4 is 17.5 Å². The van der Waals surface area contributed by atoms with Gasteiger partial charge >= 0.3 is 0 Å². The summed E-state index contributed by atoms with van der Waals surface area (Å²) in [4.78, 5) is 16.3. The van der Waals surface area contributed by atoms with Crippen LogP contribution in [0.15, 0.2) is 24.5 Å². The van der Waals surface area contributed by atoms with E-state index in [0.29, 0.717) is 11.9 Å². The predicted molar refractivity (Wildman–Crippen MR) is 123 cm³/mol. The maximum absolute atomic E-state index is 4.92. The third-order valence-corrected chi connectivity index (χ3v) is 6.14. The van der Waals surface area contributed by atoms with E-state index in [-0.39, 0.29) is 0 Å². The van der Waals surface area contributed by atoms with Gasteiger partial charge < -0.3 is 15.5 Å². The van der Waals surface area contributed by atoms with Crippen LogP contribution in [0.1, 0.15) is 43.5 Å². The number of aromatic nitrogens is 5. The minimum Gasteiger partial charge on any atom is -0.368 e. The molecule has 3 aromatic rings. The molecule has 1 saturated heterocycles. The van der Waals surface area contributed by atoms with Crippen molar-refractivity contribution < 1.29 is 0 Å². The highest BCUT2D eigenvalue weighted by atomic mass is 15.3. The maximum atomic E-state index is 4.92. The summed E-state index contributed by atoms with van der Waals surface area (Å²) < 4.78 is 2.13. The molecule has 0 atom stereocenters. The second-order valence-electron chi connectivity index (χ2n) is 8.51. The Kier molecular flexibility index (Phi) is 5.31. The molecular formula is C23H30N8. The lowest BCUT2D eigenvalue weighted by atomic mass is 9.91. The number of hydrogen-bond donors (Lipinski definition) is 2. The molecule has 0 radical (unpaired) electrons. The van der Waals surface area contributed by atoms with Gasteiger partial charge in [0.25, 0.3) is 0 Å². The molecule has 31 heavy (non-hydrogen) atoms. The molecule has 0 spiro atoms. The van der Waals surface area contributed by atoms with Crippen LogP contribution in [0.3, 0.4) is 0 Å². The van der Waals surface area contributed by atoms with E-state index in [0.717, 1.165) is 74.0 Å². The molecule has 162 valence electrons. The SMILES string of the molecule is CCn1nc2c(c1C(C)C)CCc1cnc(Nc3ccc(N4CCNCC4)cn3)nc1-2. The molecule has 0 unspecified atom stereocenters. The zero-order valence-corrected chi connectivity index (χ0v) is 18.5. The first-order valence-electron chi connectivity index (χ1n) is 11.3. The number of pyridine rings is 1. The minimum absolute atomic E-state index is 0.440. The van der Waals surface area contributed by atoms with Gasteiger partial charge in [-0.15, -0.1) is 0 Å². The van der Waals surface area contributed by atoms with Crippen molar-refractivity contribution in [2.45, 2.75) is 46.1 Å². The first-order valence-corrected chi connectivity index (χ1v) is 11.3. The number of nitrogens with zero attached hydrogens (tertiary/aromatic N) is 6. The number of piperazine rings is 1. The van der Waals surface area contributed by atoms with Crippen molar-refractivity contribution in [2.75, 3.05) is 36.4 Å². The zero-order valence-electron chi connectivity index (χ0n) is 18.5. The lowest BCUT2D eigenvalue weighted by molar-refractivity contribution is 0.589. The fourth-order valence-electron chi connectivity index (χ4n) is 4.64. The molecule has 2 N–H and O–H groups in total. The van der Waals surface area contributed by atoms with Crippen LogP contribution in [0.2, 0.25) is 0 Å². The van der Waals surface area contributed by atoms with Crippen molar-refractivity contribution in [3.8, 4) is 11.4 Å². The summed E-state index contributed by atoms with van der Waals surface area (Å²) in [5.74, 6) is 1.75. The van der Waals surface area contributed by atoms with Crippen molar-refractivity contribution in [2.24, 2.45) is 0 Å². The standard InChI is InChI=1S/C23H30N8/c1-4-31-22(15(2)3)18-7-5-16-13-26-23(28-20(16)21(18)29-31)27-19-8-6-17(14-25-19)30-11-9-24-10-12-30/h6,8,13-15,24H,4-5,7,9-12H2,1-3H3,(H,25,26,27,28). The van der Waals surface area contributed by atoms with Crippen molar-refractivity contribution in [3.05, 3.63) is 41.3 Å². The number of aryl methyl sites for hydroxylation is 2. The third-order valence-electron chi connectivity index (χ3n) is 6.14. The molecule has 1 aliphatic carbocycles. The summed E-state index contributed by atoms with van der Waals surface area (Å²) in [7, 11) is 0. The molecule has 1 aliphatic heterocycles. The summed E-state index contributed by atoms with van der Waals surface area (Å²) in [5.41, 5.74) is 6.95. The quantitative estimate of drug-likeness (QED) is 0.659. The Morgan fingerprint density at radius 3 is 2.61 bits per heavy atom. The van der Waals surface area contributed by atoms with Crippen LogP contribution < -0.4 is 15.5 Å². The average Bonchev–Trinajstić information content (AvgIpc) is 3.20. The Labute approximate surface area is 183 Å². The van der Waals surface area contributed by atoms with Gasteiger partial charge in [-0.05, 0) is 43.4 Å². The Balaban J connectivity index is 1.41. The third kappa shape index (κ3) is 3.76. The molecule has 0 amide bonds. The second-order valence-corrected chi connectivity index (χ2v) is 8.51. The van der Waals surface area contributed by atoms with Gasteiger partial charge in [-0.1, -0.05) is 13.8 Å². The fraction of sp³-hybridized carbons (Fsp3) is 0.478. The molecular weight excluding hydrogens is 388 g/mol. The summed E-state index contributed by atoms with van der Waals surface area (Å²) in [6, 6.07) is 4.10.